The molecule has 0 unspecified atom stereocenters. The highest BCUT2D eigenvalue weighted by Crippen LogP contribution is 2.22. The zero-order valence-electron chi connectivity index (χ0n) is 11.8. The third-order valence-corrected chi connectivity index (χ3v) is 4.46. The lowest BCUT2D eigenvalue weighted by atomic mass is 10.1. The molecule has 0 saturated heterocycles. The lowest BCUT2D eigenvalue weighted by molar-refractivity contribution is -0.132. The van der Waals surface area contributed by atoms with E-state index >= 15 is 0 Å². The van der Waals surface area contributed by atoms with E-state index in [0.717, 1.165) is 9.21 Å². The van der Waals surface area contributed by atoms with Crippen molar-refractivity contribution in [2.24, 2.45) is 0 Å². The van der Waals surface area contributed by atoms with Crippen molar-refractivity contribution in [3.8, 4) is 0 Å². The van der Waals surface area contributed by atoms with E-state index in [1.807, 2.05) is 37.9 Å². The van der Waals surface area contributed by atoms with Crippen LogP contribution in [0.4, 0.5) is 0 Å². The molecule has 1 aromatic heterocycles. The number of aliphatic hydroxyl groups is 1. The summed E-state index contributed by atoms with van der Waals surface area (Å²) in [4.78, 5) is 16.7. The van der Waals surface area contributed by atoms with Gasteiger partial charge < -0.3 is 10.0 Å². The Morgan fingerprint density at radius 2 is 2.05 bits per heavy atom. The molecule has 0 radical (unpaired) electrons. The summed E-state index contributed by atoms with van der Waals surface area (Å²) in [5, 5.41) is 9.27. The second-order valence-electron chi connectivity index (χ2n) is 5.28. The number of thiophene rings is 1. The molecular formula is C13H21ClN2O2S. The van der Waals surface area contributed by atoms with E-state index in [1.165, 1.54) is 11.3 Å². The monoisotopic (exact) mass is 304 g/mol. The van der Waals surface area contributed by atoms with E-state index in [0.29, 0.717) is 6.54 Å². The molecule has 108 valence electrons. The smallest absolute Gasteiger partial charge is 0.236 e. The van der Waals surface area contributed by atoms with Crippen LogP contribution in [0, 0.1) is 0 Å². The number of likely N-dealkylation sites (N-methyl/N-ethyl adjacent to an activating group) is 2. The molecule has 0 aliphatic carbocycles. The molecule has 6 heteroatoms. The van der Waals surface area contributed by atoms with Crippen molar-refractivity contribution in [3.63, 3.8) is 0 Å². The molecule has 19 heavy (non-hydrogen) atoms. The third-order valence-electron chi connectivity index (χ3n) is 3.24. The van der Waals surface area contributed by atoms with Crippen molar-refractivity contribution in [1.29, 1.82) is 0 Å². The van der Waals surface area contributed by atoms with E-state index < -0.39 is 5.54 Å². The molecule has 0 saturated carbocycles. The van der Waals surface area contributed by atoms with Gasteiger partial charge in [0, 0.05) is 17.5 Å². The molecule has 4 nitrogen and oxygen atoms in total. The molecule has 1 heterocycles. The van der Waals surface area contributed by atoms with E-state index in [1.54, 1.807) is 11.9 Å². The minimum absolute atomic E-state index is 0.0149. The Morgan fingerprint density at radius 1 is 1.42 bits per heavy atom. The molecule has 1 N–H and O–H groups in total. The van der Waals surface area contributed by atoms with Gasteiger partial charge in [-0.15, -0.1) is 11.3 Å². The molecule has 0 spiro atoms. The first kappa shape index (κ1) is 16.4. The SMILES string of the molecule is CN(Cc1ccc(Cl)s1)C(=O)CN(C)C(C)(C)CO. The summed E-state index contributed by atoms with van der Waals surface area (Å²) in [6, 6.07) is 3.76. The number of carbonyl (C=O) groups excluding carboxylic acids is 1. The average Bonchev–Trinajstić information content (AvgIpc) is 2.74. The van der Waals surface area contributed by atoms with Crippen LogP contribution in [-0.2, 0) is 11.3 Å². The van der Waals surface area contributed by atoms with Gasteiger partial charge in [-0.3, -0.25) is 9.69 Å². The summed E-state index contributed by atoms with van der Waals surface area (Å²) in [6.07, 6.45) is 0. The van der Waals surface area contributed by atoms with Gasteiger partial charge in [0.25, 0.3) is 0 Å². The largest absolute Gasteiger partial charge is 0.394 e. The van der Waals surface area contributed by atoms with Gasteiger partial charge in [-0.05, 0) is 33.0 Å². The lowest BCUT2D eigenvalue weighted by Gasteiger charge is -2.34. The number of hydrogen-bond acceptors (Lipinski definition) is 4. The van der Waals surface area contributed by atoms with Crippen LogP contribution in [0.5, 0.6) is 0 Å². The molecule has 0 atom stereocenters. The quantitative estimate of drug-likeness (QED) is 0.875. The molecule has 0 bridgehead atoms. The van der Waals surface area contributed by atoms with Crippen molar-refractivity contribution >= 4 is 28.8 Å². The highest BCUT2D eigenvalue weighted by Gasteiger charge is 2.25. The highest BCUT2D eigenvalue weighted by molar-refractivity contribution is 7.16. The van der Waals surface area contributed by atoms with Crippen LogP contribution in [0.2, 0.25) is 4.34 Å². The van der Waals surface area contributed by atoms with Crippen LogP contribution in [0.1, 0.15) is 18.7 Å². The number of rotatable bonds is 6. The minimum Gasteiger partial charge on any atom is -0.394 e. The lowest BCUT2D eigenvalue weighted by Crippen LogP contribution is -2.48. The fourth-order valence-electron chi connectivity index (χ4n) is 1.42. The average molecular weight is 305 g/mol. The molecule has 0 aromatic carbocycles. The van der Waals surface area contributed by atoms with Crippen LogP contribution in [-0.4, -0.2) is 53.6 Å². The second-order valence-corrected chi connectivity index (χ2v) is 7.08. The van der Waals surface area contributed by atoms with E-state index in [2.05, 4.69) is 0 Å². The maximum absolute atomic E-state index is 12.1. The first-order valence-electron chi connectivity index (χ1n) is 6.06. The summed E-state index contributed by atoms with van der Waals surface area (Å²) >= 11 is 7.35. The number of amides is 1. The Balaban J connectivity index is 2.53. The minimum atomic E-state index is -0.400. The maximum Gasteiger partial charge on any atom is 0.236 e. The van der Waals surface area contributed by atoms with Crippen LogP contribution in [0.15, 0.2) is 12.1 Å². The molecule has 1 amide bonds. The number of hydrogen-bond donors (Lipinski definition) is 1. The van der Waals surface area contributed by atoms with E-state index in [9.17, 15) is 9.90 Å². The Bertz CT molecular complexity index is 434. The number of nitrogens with zero attached hydrogens (tertiary/aromatic N) is 2. The van der Waals surface area contributed by atoms with Crippen molar-refractivity contribution < 1.29 is 9.90 Å². The third kappa shape index (κ3) is 4.76. The predicted molar refractivity (Wildman–Crippen MR) is 79.6 cm³/mol. The fraction of sp³-hybridized carbons (Fsp3) is 0.615. The van der Waals surface area contributed by atoms with Gasteiger partial charge >= 0.3 is 0 Å². The topological polar surface area (TPSA) is 43.8 Å². The first-order chi connectivity index (χ1) is 8.76. The maximum atomic E-state index is 12.1. The predicted octanol–water partition coefficient (Wildman–Crippen LogP) is 2.06. The Morgan fingerprint density at radius 3 is 2.53 bits per heavy atom. The fourth-order valence-corrected chi connectivity index (χ4v) is 2.56. The second kappa shape index (κ2) is 6.70. The first-order valence-corrected chi connectivity index (χ1v) is 7.26. The van der Waals surface area contributed by atoms with Gasteiger partial charge in [-0.1, -0.05) is 11.6 Å². The van der Waals surface area contributed by atoms with Crippen molar-refractivity contribution in [1.82, 2.24) is 9.80 Å². The Labute approximate surface area is 123 Å². The Hall–Kier alpha value is -0.620. The van der Waals surface area contributed by atoms with Gasteiger partial charge in [-0.2, -0.15) is 0 Å². The standard InChI is InChI=1S/C13H21ClN2O2S/c1-13(2,9-17)16(4)8-12(18)15(3)7-10-5-6-11(14)19-10/h5-6,17H,7-9H2,1-4H3. The van der Waals surface area contributed by atoms with Crippen LogP contribution in [0.25, 0.3) is 0 Å². The summed E-state index contributed by atoms with van der Waals surface area (Å²) in [5.74, 6) is 0.0218. The molecule has 0 aliphatic rings. The van der Waals surface area contributed by atoms with Crippen molar-refractivity contribution in [2.45, 2.75) is 25.9 Å². The van der Waals surface area contributed by atoms with Gasteiger partial charge in [0.1, 0.15) is 0 Å². The molecule has 1 rings (SSSR count). The summed E-state index contributed by atoms with van der Waals surface area (Å²) in [7, 11) is 3.61. The Kier molecular flexibility index (Phi) is 5.80. The normalized spacial score (nSPS) is 11.9. The number of aliphatic hydroxyl groups excluding tert-OH is 1. The molecule has 0 aliphatic heterocycles. The molecular weight excluding hydrogens is 284 g/mol. The van der Waals surface area contributed by atoms with Gasteiger partial charge in [-0.25, -0.2) is 0 Å². The zero-order chi connectivity index (χ0) is 14.6. The zero-order valence-corrected chi connectivity index (χ0v) is 13.4. The van der Waals surface area contributed by atoms with Crippen molar-refractivity contribution in [3.05, 3.63) is 21.3 Å². The number of carbonyl (C=O) groups is 1. The van der Waals surface area contributed by atoms with Crippen LogP contribution < -0.4 is 0 Å². The van der Waals surface area contributed by atoms with Crippen LogP contribution in [0.3, 0.4) is 0 Å². The van der Waals surface area contributed by atoms with Gasteiger partial charge in [0.05, 0.1) is 24.0 Å². The molecule has 0 fully saturated rings. The summed E-state index contributed by atoms with van der Waals surface area (Å²) in [6.45, 7) is 4.66. The van der Waals surface area contributed by atoms with Crippen LogP contribution >= 0.6 is 22.9 Å². The highest BCUT2D eigenvalue weighted by atomic mass is 35.5. The molecule has 1 aromatic rings. The van der Waals surface area contributed by atoms with Gasteiger partial charge in [0.2, 0.25) is 5.91 Å². The van der Waals surface area contributed by atoms with E-state index in [-0.39, 0.29) is 19.1 Å². The van der Waals surface area contributed by atoms with E-state index in [4.69, 9.17) is 11.6 Å². The summed E-state index contributed by atoms with van der Waals surface area (Å²) < 4.78 is 0.731. The number of halogens is 1. The summed E-state index contributed by atoms with van der Waals surface area (Å²) in [5.41, 5.74) is -0.400. The van der Waals surface area contributed by atoms with Crippen molar-refractivity contribution in [2.75, 3.05) is 27.2 Å². The van der Waals surface area contributed by atoms with Gasteiger partial charge in [0.15, 0.2) is 0 Å².